The average Bonchev–Trinajstić information content (AvgIpc) is 3.30. The monoisotopic (exact) mass is 759 g/mol. The van der Waals surface area contributed by atoms with Gasteiger partial charge in [-0.1, -0.05) is 176 Å². The number of hydrogen-bond acceptors (Lipinski definition) is 1. The molecule has 0 N–H and O–H groups in total. The van der Waals surface area contributed by atoms with E-state index in [0.717, 1.165) is 22.6 Å². The highest BCUT2D eigenvalue weighted by atomic mass is 15.1. The molecule has 0 fully saturated rings. The van der Waals surface area contributed by atoms with Crippen LogP contribution in [0.5, 0.6) is 0 Å². The fourth-order valence-electron chi connectivity index (χ4n) is 8.12. The summed E-state index contributed by atoms with van der Waals surface area (Å²) in [4.78, 5) is 2.36. The van der Waals surface area contributed by atoms with Crippen LogP contribution in [0.15, 0.2) is 232 Å². The van der Waals surface area contributed by atoms with Gasteiger partial charge in [0.25, 0.3) is 0 Å². The molecule has 0 heterocycles. The third-order valence-corrected chi connectivity index (χ3v) is 11.3. The first-order chi connectivity index (χ1) is 29.0. The summed E-state index contributed by atoms with van der Waals surface area (Å²) in [6.45, 7) is 12.5. The van der Waals surface area contributed by atoms with E-state index in [1.165, 1.54) is 60.5 Å². The van der Waals surface area contributed by atoms with Crippen LogP contribution in [0.2, 0.25) is 0 Å². The normalized spacial score (nSPS) is 12.4. The minimum absolute atomic E-state index is 0.110. The molecule has 8 aromatic carbocycles. The lowest BCUT2D eigenvalue weighted by atomic mass is 9.85. The summed E-state index contributed by atoms with van der Waals surface area (Å²) in [6.07, 6.45) is 14.8. The lowest BCUT2D eigenvalue weighted by Gasteiger charge is -2.26. The van der Waals surface area contributed by atoms with E-state index < -0.39 is 0 Å². The van der Waals surface area contributed by atoms with Crippen molar-refractivity contribution in [1.82, 2.24) is 0 Å². The minimum atomic E-state index is 0.110. The first kappa shape index (κ1) is 38.6. The van der Waals surface area contributed by atoms with Gasteiger partial charge in [-0.05, 0) is 128 Å². The third kappa shape index (κ3) is 8.42. The van der Waals surface area contributed by atoms with Crippen LogP contribution < -0.4 is 4.90 Å². The van der Waals surface area contributed by atoms with Crippen LogP contribution in [-0.4, -0.2) is 0 Å². The van der Waals surface area contributed by atoms with E-state index >= 15 is 0 Å². The van der Waals surface area contributed by atoms with E-state index in [4.69, 9.17) is 0 Å². The molecule has 0 radical (unpaired) electrons. The Morgan fingerprint density at radius 1 is 0.542 bits per heavy atom. The second kappa shape index (κ2) is 17.9. The number of benzene rings is 8. The average molecular weight is 760 g/mol. The number of allylic oxidation sites excluding steroid dienone is 7. The molecule has 0 aliphatic rings. The number of hydrogen-bond donors (Lipinski definition) is 0. The van der Waals surface area contributed by atoms with E-state index in [2.05, 4.69) is 237 Å². The van der Waals surface area contributed by atoms with Crippen molar-refractivity contribution < 1.29 is 0 Å². The quantitative estimate of drug-likeness (QED) is 0.0643. The fraction of sp³-hybridized carbons (Fsp3) is 0.0690. The van der Waals surface area contributed by atoms with Gasteiger partial charge < -0.3 is 4.90 Å². The largest absolute Gasteiger partial charge is 0.310 e. The molecule has 1 heteroatoms. The van der Waals surface area contributed by atoms with Gasteiger partial charge in [-0.15, -0.1) is 13.2 Å². The molecule has 286 valence electrons. The Morgan fingerprint density at radius 3 is 1.90 bits per heavy atom. The highest BCUT2D eigenvalue weighted by Gasteiger charge is 2.17. The van der Waals surface area contributed by atoms with E-state index in [1.54, 1.807) is 0 Å². The van der Waals surface area contributed by atoms with Crippen LogP contribution in [-0.2, 0) is 0 Å². The maximum absolute atomic E-state index is 4.12. The van der Waals surface area contributed by atoms with Crippen molar-refractivity contribution in [3.05, 3.63) is 248 Å². The van der Waals surface area contributed by atoms with Gasteiger partial charge in [0, 0.05) is 28.9 Å². The molecule has 59 heavy (non-hydrogen) atoms. The molecule has 0 bridgehead atoms. The van der Waals surface area contributed by atoms with E-state index in [0.29, 0.717) is 0 Å². The van der Waals surface area contributed by atoms with Gasteiger partial charge in [-0.25, -0.2) is 0 Å². The van der Waals surface area contributed by atoms with Crippen LogP contribution in [0.1, 0.15) is 36.5 Å². The summed E-state index contributed by atoms with van der Waals surface area (Å²) in [6, 6.07) is 65.9. The molecule has 1 unspecified atom stereocenters. The lowest BCUT2D eigenvalue weighted by molar-refractivity contribution is 0.713. The molecular formula is C58H49N. The minimum Gasteiger partial charge on any atom is -0.310 e. The van der Waals surface area contributed by atoms with E-state index in [-0.39, 0.29) is 11.8 Å². The van der Waals surface area contributed by atoms with Gasteiger partial charge in [-0.2, -0.15) is 0 Å². The van der Waals surface area contributed by atoms with Crippen LogP contribution in [0.4, 0.5) is 17.1 Å². The van der Waals surface area contributed by atoms with Crippen molar-refractivity contribution in [3.8, 4) is 22.3 Å². The Morgan fingerprint density at radius 2 is 1.19 bits per heavy atom. The zero-order chi connectivity index (χ0) is 40.6. The molecule has 8 rings (SSSR count). The van der Waals surface area contributed by atoms with Crippen LogP contribution >= 0.6 is 0 Å². The van der Waals surface area contributed by atoms with Gasteiger partial charge in [0.2, 0.25) is 0 Å². The molecule has 0 saturated carbocycles. The number of fused-ring (bicyclic) bond motifs is 3. The standard InChI is InChI=1S/C58H49N/c1-5-8-18-42(4)48-23-17-24-49(40-48)45-30-34-51(35-31-45)59(53-25-16-19-43(39-53)29-38-54(44(6-2)7-3)46-20-10-9-11-21-46)52-36-32-47(33-37-52)58-41-50-22-12-13-26-55(50)56-27-14-15-28-57(56)58/h5-41,44,54H,2-3H2,1,4H3/b8-5-,38-29+,42-18+. The second-order valence-electron chi connectivity index (χ2n) is 15.0. The van der Waals surface area contributed by atoms with Crippen molar-refractivity contribution >= 4 is 50.3 Å². The van der Waals surface area contributed by atoms with Gasteiger partial charge >= 0.3 is 0 Å². The Bertz CT molecular complexity index is 2810. The predicted octanol–water partition coefficient (Wildman–Crippen LogP) is 16.6. The molecule has 8 aromatic rings. The molecule has 0 spiro atoms. The summed E-state index contributed by atoms with van der Waals surface area (Å²) in [5, 5.41) is 5.05. The fourth-order valence-corrected chi connectivity index (χ4v) is 8.12. The van der Waals surface area contributed by atoms with Gasteiger partial charge in [0.15, 0.2) is 0 Å². The zero-order valence-electron chi connectivity index (χ0n) is 33.9. The highest BCUT2D eigenvalue weighted by molar-refractivity contribution is 6.13. The first-order valence-corrected chi connectivity index (χ1v) is 20.4. The Balaban J connectivity index is 1.19. The van der Waals surface area contributed by atoms with Crippen molar-refractivity contribution in [2.24, 2.45) is 5.92 Å². The smallest absolute Gasteiger partial charge is 0.0467 e. The SMILES string of the molecule is C=CC(C=C)C(/C=C/c1cccc(N(c2ccc(-c3cccc(/C(C)=C/C=C\C)c3)cc2)c2ccc(-c3cc4ccccc4c4ccccc34)cc2)c1)c1ccccc1. The lowest BCUT2D eigenvalue weighted by Crippen LogP contribution is -2.10. The molecule has 0 aliphatic heterocycles. The first-order valence-electron chi connectivity index (χ1n) is 20.4. The van der Waals surface area contributed by atoms with Crippen LogP contribution in [0.25, 0.3) is 55.4 Å². The van der Waals surface area contributed by atoms with Crippen LogP contribution in [0.3, 0.4) is 0 Å². The number of rotatable bonds is 13. The number of nitrogens with zero attached hydrogens (tertiary/aromatic N) is 1. The van der Waals surface area contributed by atoms with Crippen molar-refractivity contribution in [1.29, 1.82) is 0 Å². The van der Waals surface area contributed by atoms with E-state index in [9.17, 15) is 0 Å². The molecule has 1 nitrogen and oxygen atoms in total. The Hall–Kier alpha value is -7.22. The molecule has 1 atom stereocenters. The maximum atomic E-state index is 4.12. The zero-order valence-corrected chi connectivity index (χ0v) is 33.9. The van der Waals surface area contributed by atoms with Gasteiger partial charge in [-0.3, -0.25) is 0 Å². The molecule has 0 saturated heterocycles. The summed E-state index contributed by atoms with van der Waals surface area (Å²) >= 11 is 0. The Labute approximate surface area is 350 Å². The summed E-state index contributed by atoms with van der Waals surface area (Å²) in [5.74, 6) is 0.233. The Kier molecular flexibility index (Phi) is 11.7. The third-order valence-electron chi connectivity index (χ3n) is 11.3. The van der Waals surface area contributed by atoms with Crippen molar-refractivity contribution in [2.75, 3.05) is 4.90 Å². The van der Waals surface area contributed by atoms with Gasteiger partial charge in [0.1, 0.15) is 0 Å². The van der Waals surface area contributed by atoms with Crippen molar-refractivity contribution in [2.45, 2.75) is 19.8 Å². The maximum Gasteiger partial charge on any atom is 0.0467 e. The molecule has 0 amide bonds. The molecular weight excluding hydrogens is 711 g/mol. The number of anilines is 3. The topological polar surface area (TPSA) is 3.24 Å². The molecule has 0 aromatic heterocycles. The highest BCUT2D eigenvalue weighted by Crippen LogP contribution is 2.40. The summed E-state index contributed by atoms with van der Waals surface area (Å²) in [7, 11) is 0. The van der Waals surface area contributed by atoms with Crippen molar-refractivity contribution in [3.63, 3.8) is 0 Å². The van der Waals surface area contributed by atoms with Gasteiger partial charge in [0.05, 0.1) is 0 Å². The summed E-state index contributed by atoms with van der Waals surface area (Å²) < 4.78 is 0. The molecule has 0 aliphatic carbocycles. The predicted molar refractivity (Wildman–Crippen MR) is 258 cm³/mol. The van der Waals surface area contributed by atoms with Crippen LogP contribution in [0, 0.1) is 5.92 Å². The second-order valence-corrected chi connectivity index (χ2v) is 15.0. The van der Waals surface area contributed by atoms with E-state index in [1.807, 2.05) is 19.1 Å². The summed E-state index contributed by atoms with van der Waals surface area (Å²) in [5.41, 5.74) is 12.8.